The highest BCUT2D eigenvalue weighted by atomic mass is 19.4. The van der Waals surface area contributed by atoms with Gasteiger partial charge in [-0.15, -0.1) is 0 Å². The van der Waals surface area contributed by atoms with Crippen LogP contribution in [0, 0.1) is 22.7 Å². The third-order valence-corrected chi connectivity index (χ3v) is 1.41. The van der Waals surface area contributed by atoms with Crippen molar-refractivity contribution in [3.8, 4) is 12.1 Å². The second-order valence-electron chi connectivity index (χ2n) is 2.55. The first kappa shape index (κ1) is 13.9. The van der Waals surface area contributed by atoms with Gasteiger partial charge in [-0.25, -0.2) is 0 Å². The number of nitrogens with zero attached hydrogens (tertiary/aromatic N) is 2. The van der Waals surface area contributed by atoms with Crippen molar-refractivity contribution in [1.82, 2.24) is 0 Å². The Balaban J connectivity index is 0.000000487. The van der Waals surface area contributed by atoms with E-state index in [4.69, 9.17) is 10.5 Å². The molecule has 0 amide bonds. The number of halogens is 3. The molecule has 0 atom stereocenters. The zero-order valence-electron chi connectivity index (χ0n) is 8.12. The molecule has 6 heteroatoms. The normalized spacial score (nSPS) is 9.38. The van der Waals surface area contributed by atoms with Gasteiger partial charge in [0.05, 0.1) is 29.8 Å². The van der Waals surface area contributed by atoms with E-state index in [1.165, 1.54) is 12.1 Å². The van der Waals surface area contributed by atoms with Gasteiger partial charge in [0.2, 0.25) is 0 Å². The van der Waals surface area contributed by atoms with Crippen LogP contribution in [0.4, 0.5) is 13.2 Å². The maximum atomic E-state index is 12.0. The molecule has 0 saturated carbocycles. The van der Waals surface area contributed by atoms with Gasteiger partial charge in [-0.2, -0.15) is 23.7 Å². The number of alkyl halides is 3. The van der Waals surface area contributed by atoms with E-state index in [-0.39, 0.29) is 12.1 Å². The lowest BCUT2D eigenvalue weighted by molar-refractivity contribution is -0.137. The lowest BCUT2D eigenvalue weighted by Crippen LogP contribution is -2.04. The maximum Gasteiger partial charge on any atom is 0.416 e. The van der Waals surface area contributed by atoms with Gasteiger partial charge in [0, 0.05) is 0 Å². The van der Waals surface area contributed by atoms with E-state index in [2.05, 4.69) is 5.73 Å². The molecule has 0 bridgehead atoms. The monoisotopic (exact) mass is 227 g/mol. The Morgan fingerprint density at radius 3 is 2.19 bits per heavy atom. The fraction of sp³-hybridized carbons (Fsp3) is 0.200. The highest BCUT2D eigenvalue weighted by molar-refractivity contribution is 5.33. The predicted octanol–water partition coefficient (Wildman–Crippen LogP) is 2.05. The highest BCUT2D eigenvalue weighted by Crippen LogP contribution is 2.29. The Hall–Kier alpha value is -2.05. The SMILES string of the molecule is N#CCN.N#Cc1cccc(C(F)(F)F)c1. The summed E-state index contributed by atoms with van der Waals surface area (Å²) in [6.07, 6.45) is -4.37. The van der Waals surface area contributed by atoms with Crippen molar-refractivity contribution >= 4 is 0 Å². The van der Waals surface area contributed by atoms with Crippen LogP contribution < -0.4 is 5.73 Å². The van der Waals surface area contributed by atoms with Crippen LogP contribution in [-0.2, 0) is 6.18 Å². The zero-order valence-corrected chi connectivity index (χ0v) is 8.12. The van der Waals surface area contributed by atoms with Crippen molar-refractivity contribution < 1.29 is 13.2 Å². The van der Waals surface area contributed by atoms with E-state index in [9.17, 15) is 13.2 Å². The summed E-state index contributed by atoms with van der Waals surface area (Å²) in [5.41, 5.74) is 3.89. The predicted molar refractivity (Wildman–Crippen MR) is 50.8 cm³/mol. The molecule has 1 rings (SSSR count). The van der Waals surface area contributed by atoms with Crippen LogP contribution in [0.5, 0.6) is 0 Å². The summed E-state index contributed by atoms with van der Waals surface area (Å²) in [6.45, 7) is 0.125. The zero-order chi connectivity index (χ0) is 12.6. The molecule has 0 spiro atoms. The van der Waals surface area contributed by atoms with Gasteiger partial charge in [0.15, 0.2) is 0 Å². The average molecular weight is 227 g/mol. The van der Waals surface area contributed by atoms with Gasteiger partial charge < -0.3 is 5.73 Å². The molecular weight excluding hydrogens is 219 g/mol. The van der Waals surface area contributed by atoms with E-state index in [0.29, 0.717) is 0 Å². The van der Waals surface area contributed by atoms with E-state index in [0.717, 1.165) is 12.1 Å². The summed E-state index contributed by atoms with van der Waals surface area (Å²) < 4.78 is 36.0. The fourth-order valence-corrected chi connectivity index (χ4v) is 0.765. The Morgan fingerprint density at radius 2 is 1.81 bits per heavy atom. The first-order valence-electron chi connectivity index (χ1n) is 4.10. The van der Waals surface area contributed by atoms with E-state index in [1.807, 2.05) is 0 Å². The Labute approximate surface area is 90.5 Å². The number of hydrogen-bond donors (Lipinski definition) is 1. The van der Waals surface area contributed by atoms with Gasteiger partial charge >= 0.3 is 6.18 Å². The maximum absolute atomic E-state index is 12.0. The molecule has 0 heterocycles. The fourth-order valence-electron chi connectivity index (χ4n) is 0.765. The second-order valence-corrected chi connectivity index (χ2v) is 2.55. The summed E-state index contributed by atoms with van der Waals surface area (Å²) >= 11 is 0. The van der Waals surface area contributed by atoms with E-state index < -0.39 is 11.7 Å². The van der Waals surface area contributed by atoms with Gasteiger partial charge in [-0.05, 0) is 18.2 Å². The number of benzene rings is 1. The molecule has 0 aromatic heterocycles. The van der Waals surface area contributed by atoms with Crippen molar-refractivity contribution in [2.75, 3.05) is 6.54 Å². The minimum Gasteiger partial charge on any atom is -0.318 e. The van der Waals surface area contributed by atoms with E-state index >= 15 is 0 Å². The highest BCUT2D eigenvalue weighted by Gasteiger charge is 2.30. The van der Waals surface area contributed by atoms with Crippen LogP contribution in [0.25, 0.3) is 0 Å². The Bertz CT molecular complexity index is 413. The largest absolute Gasteiger partial charge is 0.416 e. The molecule has 1 aromatic rings. The van der Waals surface area contributed by atoms with Crippen LogP contribution in [0.3, 0.4) is 0 Å². The van der Waals surface area contributed by atoms with Crippen LogP contribution in [0.15, 0.2) is 24.3 Å². The standard InChI is InChI=1S/C8H4F3N.C2H4N2/c9-8(10,11)7-3-1-2-6(4-7)5-12;3-1-2-4/h1-4H;1,3H2. The first-order valence-corrected chi connectivity index (χ1v) is 4.10. The topological polar surface area (TPSA) is 73.6 Å². The molecule has 0 aliphatic carbocycles. The summed E-state index contributed by atoms with van der Waals surface area (Å²) in [5.74, 6) is 0. The van der Waals surface area contributed by atoms with Gasteiger partial charge in [-0.3, -0.25) is 0 Å². The van der Waals surface area contributed by atoms with Crippen molar-refractivity contribution in [3.63, 3.8) is 0 Å². The van der Waals surface area contributed by atoms with E-state index in [1.54, 1.807) is 12.1 Å². The number of rotatable bonds is 0. The molecule has 0 radical (unpaired) electrons. The molecule has 84 valence electrons. The Kier molecular flexibility index (Phi) is 5.61. The lowest BCUT2D eigenvalue weighted by Gasteiger charge is -2.05. The van der Waals surface area contributed by atoms with Gasteiger partial charge in [-0.1, -0.05) is 6.07 Å². The van der Waals surface area contributed by atoms with Crippen LogP contribution in [0.2, 0.25) is 0 Å². The number of hydrogen-bond acceptors (Lipinski definition) is 3. The van der Waals surface area contributed by atoms with Gasteiger partial charge in [0.1, 0.15) is 0 Å². The summed E-state index contributed by atoms with van der Waals surface area (Å²) in [7, 11) is 0. The minimum absolute atomic E-state index is 0.0184. The third-order valence-electron chi connectivity index (χ3n) is 1.41. The summed E-state index contributed by atoms with van der Waals surface area (Å²) in [4.78, 5) is 0. The molecule has 1 aromatic carbocycles. The summed E-state index contributed by atoms with van der Waals surface area (Å²) in [5, 5.41) is 15.8. The second kappa shape index (κ2) is 6.44. The molecule has 3 nitrogen and oxygen atoms in total. The summed E-state index contributed by atoms with van der Waals surface area (Å²) in [6, 6.07) is 7.64. The molecule has 0 aliphatic heterocycles. The first-order chi connectivity index (χ1) is 7.45. The van der Waals surface area contributed by atoms with Crippen LogP contribution >= 0.6 is 0 Å². The van der Waals surface area contributed by atoms with Crippen molar-refractivity contribution in [2.24, 2.45) is 5.73 Å². The molecule has 0 fully saturated rings. The van der Waals surface area contributed by atoms with Crippen LogP contribution in [-0.4, -0.2) is 6.54 Å². The molecule has 0 aliphatic rings. The van der Waals surface area contributed by atoms with Crippen molar-refractivity contribution in [1.29, 1.82) is 10.5 Å². The molecule has 0 saturated heterocycles. The molecular formula is C10H8F3N3. The van der Waals surface area contributed by atoms with Gasteiger partial charge in [0.25, 0.3) is 0 Å². The number of nitriles is 2. The minimum atomic E-state index is -4.37. The smallest absolute Gasteiger partial charge is 0.318 e. The third kappa shape index (κ3) is 4.99. The molecule has 0 unspecified atom stereocenters. The Morgan fingerprint density at radius 1 is 1.25 bits per heavy atom. The van der Waals surface area contributed by atoms with Crippen LogP contribution in [0.1, 0.15) is 11.1 Å². The quantitative estimate of drug-likeness (QED) is 0.689. The van der Waals surface area contributed by atoms with Crippen molar-refractivity contribution in [2.45, 2.75) is 6.18 Å². The molecule has 2 N–H and O–H groups in total. The van der Waals surface area contributed by atoms with Crippen molar-refractivity contribution in [3.05, 3.63) is 35.4 Å². The number of nitrogens with two attached hydrogens (primary N) is 1. The average Bonchev–Trinajstić information content (AvgIpc) is 2.28. The molecule has 16 heavy (non-hydrogen) atoms. The lowest BCUT2D eigenvalue weighted by atomic mass is 10.1.